The number of carbonyl (C=O) groups is 1. The van der Waals surface area contributed by atoms with Crippen LogP contribution in [0.15, 0.2) is 146 Å². The molecule has 0 aliphatic carbocycles. The summed E-state index contributed by atoms with van der Waals surface area (Å²) in [6.07, 6.45) is 86.9. The van der Waals surface area contributed by atoms with Gasteiger partial charge in [-0.2, -0.15) is 0 Å². The van der Waals surface area contributed by atoms with E-state index in [1.165, 1.54) is 83.5 Å². The van der Waals surface area contributed by atoms with Crippen molar-refractivity contribution in [1.82, 2.24) is 5.32 Å². The van der Waals surface area contributed by atoms with E-state index in [1.807, 2.05) is 6.08 Å². The van der Waals surface area contributed by atoms with Crippen LogP contribution in [0.25, 0.3) is 0 Å². The Bertz CT molecular complexity index is 1380. The highest BCUT2D eigenvalue weighted by atomic mass is 16.3. The predicted octanol–water partition coefficient (Wildman–Crippen LogP) is 17.6. The Morgan fingerprint density at radius 1 is 0.385 bits per heavy atom. The molecular weight excluding hydrogens is 795 g/mol. The van der Waals surface area contributed by atoms with Crippen LogP contribution < -0.4 is 5.32 Å². The minimum atomic E-state index is -0.857. The van der Waals surface area contributed by atoms with Gasteiger partial charge in [0, 0.05) is 6.42 Å². The fraction of sp³-hybridized carbons (Fsp3) is 0.590. The van der Waals surface area contributed by atoms with E-state index in [9.17, 15) is 15.0 Å². The van der Waals surface area contributed by atoms with Crippen molar-refractivity contribution in [2.45, 2.75) is 225 Å². The van der Waals surface area contributed by atoms with Gasteiger partial charge < -0.3 is 15.5 Å². The van der Waals surface area contributed by atoms with Crippen molar-refractivity contribution in [2.24, 2.45) is 0 Å². The van der Waals surface area contributed by atoms with Crippen molar-refractivity contribution in [3.63, 3.8) is 0 Å². The maximum absolute atomic E-state index is 12.4. The molecule has 0 spiro atoms. The van der Waals surface area contributed by atoms with Gasteiger partial charge in [-0.1, -0.05) is 250 Å². The minimum Gasteiger partial charge on any atom is -0.394 e. The van der Waals surface area contributed by atoms with E-state index in [0.29, 0.717) is 6.42 Å². The number of hydrogen-bond acceptors (Lipinski definition) is 3. The van der Waals surface area contributed by atoms with Crippen LogP contribution in [0.4, 0.5) is 0 Å². The minimum absolute atomic E-state index is 0.0897. The lowest BCUT2D eigenvalue weighted by molar-refractivity contribution is -0.123. The van der Waals surface area contributed by atoms with Gasteiger partial charge in [-0.05, 0) is 103 Å². The van der Waals surface area contributed by atoms with Gasteiger partial charge in [0.05, 0.1) is 18.8 Å². The Morgan fingerprint density at radius 2 is 0.677 bits per heavy atom. The molecule has 0 saturated carbocycles. The van der Waals surface area contributed by atoms with Gasteiger partial charge in [0.1, 0.15) is 0 Å². The van der Waals surface area contributed by atoms with E-state index < -0.39 is 12.1 Å². The van der Waals surface area contributed by atoms with E-state index >= 15 is 0 Å². The Balaban J connectivity index is 3.70. The molecule has 0 aliphatic rings. The molecule has 0 aromatic rings. The van der Waals surface area contributed by atoms with Crippen LogP contribution in [-0.4, -0.2) is 34.9 Å². The second-order valence-corrected chi connectivity index (χ2v) is 17.2. The summed E-state index contributed by atoms with van der Waals surface area (Å²) in [7, 11) is 0. The molecular formula is C61H99NO3. The molecule has 65 heavy (non-hydrogen) atoms. The number of nitrogens with one attached hydrogen (secondary N) is 1. The van der Waals surface area contributed by atoms with Crippen molar-refractivity contribution < 1.29 is 15.0 Å². The lowest BCUT2D eigenvalue weighted by Crippen LogP contribution is -2.45. The molecule has 1 amide bonds. The Labute approximate surface area is 402 Å². The van der Waals surface area contributed by atoms with E-state index in [-0.39, 0.29) is 12.5 Å². The topological polar surface area (TPSA) is 69.6 Å². The molecule has 0 heterocycles. The molecule has 0 aliphatic heterocycles. The number of carbonyl (C=O) groups excluding carboxylic acids is 1. The molecule has 0 bridgehead atoms. The van der Waals surface area contributed by atoms with Crippen molar-refractivity contribution in [3.8, 4) is 0 Å². The summed E-state index contributed by atoms with van der Waals surface area (Å²) in [5.41, 5.74) is 0. The van der Waals surface area contributed by atoms with Gasteiger partial charge in [-0.15, -0.1) is 0 Å². The van der Waals surface area contributed by atoms with Gasteiger partial charge >= 0.3 is 0 Å². The maximum atomic E-state index is 12.4. The maximum Gasteiger partial charge on any atom is 0.220 e. The summed E-state index contributed by atoms with van der Waals surface area (Å²) in [5, 5.41) is 23.0. The number of unbranched alkanes of at least 4 members (excludes halogenated alkanes) is 17. The van der Waals surface area contributed by atoms with E-state index in [2.05, 4.69) is 153 Å². The number of amides is 1. The first-order chi connectivity index (χ1) is 32.2. The molecule has 366 valence electrons. The van der Waals surface area contributed by atoms with Crippen LogP contribution in [0.2, 0.25) is 0 Å². The number of hydrogen-bond donors (Lipinski definition) is 3. The first kappa shape index (κ1) is 61.3. The molecule has 0 fully saturated rings. The fourth-order valence-electron chi connectivity index (χ4n) is 7.06. The number of allylic oxidation sites excluding steroid dienone is 23. The Kier molecular flexibility index (Phi) is 51.5. The van der Waals surface area contributed by atoms with Gasteiger partial charge in [0.15, 0.2) is 0 Å². The lowest BCUT2D eigenvalue weighted by Gasteiger charge is -2.20. The quantitative estimate of drug-likeness (QED) is 0.0421. The summed E-state index contributed by atoms with van der Waals surface area (Å²) in [5.74, 6) is -0.0897. The first-order valence-corrected chi connectivity index (χ1v) is 26.5. The SMILES string of the molecule is CC/C=C\C/C=C\C/C=C\C/C=C\C/C=C\C/C=C\C/C=C\C/C=C\C/C=C\C/C=C\C/C=C\CCCCCCCC(=O)NC(CO)C(O)/C=C/CCCCCCCCCCCCCC. The van der Waals surface area contributed by atoms with Crippen LogP contribution in [0, 0.1) is 0 Å². The molecule has 0 saturated heterocycles. The highest BCUT2D eigenvalue weighted by molar-refractivity contribution is 5.76. The van der Waals surface area contributed by atoms with Crippen molar-refractivity contribution in [3.05, 3.63) is 146 Å². The van der Waals surface area contributed by atoms with Gasteiger partial charge in [0.25, 0.3) is 0 Å². The molecule has 0 aromatic heterocycles. The summed E-state index contributed by atoms with van der Waals surface area (Å²) in [6.45, 7) is 4.17. The highest BCUT2D eigenvalue weighted by Crippen LogP contribution is 2.13. The third-order valence-corrected chi connectivity index (χ3v) is 11.1. The second kappa shape index (κ2) is 54.6. The van der Waals surface area contributed by atoms with Crippen molar-refractivity contribution in [2.75, 3.05) is 6.61 Å². The standard InChI is InChI=1S/C61H99NO3/c1-3-5-7-9-11-13-15-17-19-20-21-22-23-24-25-26-27-28-29-30-31-32-33-34-35-36-37-38-39-40-41-42-43-45-47-49-51-53-55-57-61(65)62-59(58-63)60(64)56-54-52-50-48-46-44-18-16-14-12-10-8-6-4-2/h5,7,11,13,17,19,21-22,24-25,27-28,30-31,33-34,36-37,39-40,42-43,54,56,59-60,63-64H,3-4,6,8-10,12,14-16,18,20,23,26,29,32,35,38,41,44-53,55,57-58H2,1-2H3,(H,62,65)/b7-5-,13-11-,19-17-,22-21-,25-24-,28-27-,31-30-,34-33-,37-36-,40-39-,43-42-,56-54+. The normalized spacial score (nSPS) is 14.1. The summed E-state index contributed by atoms with van der Waals surface area (Å²) in [6, 6.07) is -0.643. The molecule has 3 N–H and O–H groups in total. The molecule has 4 heteroatoms. The molecule has 0 aromatic carbocycles. The largest absolute Gasteiger partial charge is 0.394 e. The molecule has 2 unspecified atom stereocenters. The Hall–Kier alpha value is -3.73. The summed E-state index contributed by atoms with van der Waals surface area (Å²) >= 11 is 0. The van der Waals surface area contributed by atoms with Crippen molar-refractivity contribution >= 4 is 5.91 Å². The highest BCUT2D eigenvalue weighted by Gasteiger charge is 2.17. The number of aliphatic hydroxyl groups excluding tert-OH is 2. The smallest absolute Gasteiger partial charge is 0.220 e. The van der Waals surface area contributed by atoms with E-state index in [4.69, 9.17) is 0 Å². The first-order valence-electron chi connectivity index (χ1n) is 26.5. The average molecular weight is 894 g/mol. The van der Waals surface area contributed by atoms with Crippen LogP contribution in [0.1, 0.15) is 213 Å². The van der Waals surface area contributed by atoms with Crippen LogP contribution in [0.5, 0.6) is 0 Å². The summed E-state index contributed by atoms with van der Waals surface area (Å²) < 4.78 is 0. The van der Waals surface area contributed by atoms with Crippen LogP contribution in [-0.2, 0) is 4.79 Å². The fourth-order valence-corrected chi connectivity index (χ4v) is 7.06. The average Bonchev–Trinajstić information content (AvgIpc) is 3.31. The molecule has 4 nitrogen and oxygen atoms in total. The van der Waals surface area contributed by atoms with E-state index in [1.54, 1.807) is 6.08 Å². The number of aliphatic hydroxyl groups is 2. The zero-order valence-electron chi connectivity index (χ0n) is 41.9. The van der Waals surface area contributed by atoms with Crippen LogP contribution in [0.3, 0.4) is 0 Å². The molecule has 0 radical (unpaired) electrons. The molecule has 2 atom stereocenters. The van der Waals surface area contributed by atoms with Gasteiger partial charge in [0.2, 0.25) is 5.91 Å². The number of rotatable bonds is 46. The lowest BCUT2D eigenvalue weighted by atomic mass is 10.0. The monoisotopic (exact) mass is 894 g/mol. The zero-order chi connectivity index (χ0) is 47.0. The summed E-state index contributed by atoms with van der Waals surface area (Å²) in [4.78, 5) is 12.4. The zero-order valence-corrected chi connectivity index (χ0v) is 41.9. The third kappa shape index (κ3) is 51.1. The second-order valence-electron chi connectivity index (χ2n) is 17.2. The van der Waals surface area contributed by atoms with E-state index in [0.717, 1.165) is 109 Å². The third-order valence-electron chi connectivity index (χ3n) is 11.1. The Morgan fingerprint density at radius 3 is 1.02 bits per heavy atom. The van der Waals surface area contributed by atoms with Gasteiger partial charge in [-0.3, -0.25) is 4.79 Å². The van der Waals surface area contributed by atoms with Gasteiger partial charge in [-0.25, -0.2) is 0 Å². The molecule has 0 rings (SSSR count). The van der Waals surface area contributed by atoms with Crippen LogP contribution >= 0.6 is 0 Å². The van der Waals surface area contributed by atoms with Crippen molar-refractivity contribution in [1.29, 1.82) is 0 Å². The predicted molar refractivity (Wildman–Crippen MR) is 289 cm³/mol.